The van der Waals surface area contributed by atoms with E-state index >= 15 is 0 Å². The van der Waals surface area contributed by atoms with Gasteiger partial charge in [0.25, 0.3) is 0 Å². The molecule has 1 atom stereocenters. The van der Waals surface area contributed by atoms with Crippen molar-refractivity contribution >= 4 is 21.6 Å². The minimum absolute atomic E-state index is 0.378. The molecule has 0 bridgehead atoms. The summed E-state index contributed by atoms with van der Waals surface area (Å²) >= 11 is 3.73. The van der Waals surface area contributed by atoms with Crippen molar-refractivity contribution in [2.45, 2.75) is 46.7 Å². The van der Waals surface area contributed by atoms with Gasteiger partial charge >= 0.3 is 0 Å². The van der Waals surface area contributed by atoms with Crippen molar-refractivity contribution in [3.8, 4) is 0 Å². The number of hydrogen-bond donors (Lipinski definition) is 1. The van der Waals surface area contributed by atoms with E-state index in [0.717, 1.165) is 6.54 Å². The first-order chi connectivity index (χ1) is 8.86. The van der Waals surface area contributed by atoms with Crippen LogP contribution in [0.1, 0.15) is 46.2 Å². The van der Waals surface area contributed by atoms with E-state index in [1.54, 1.807) is 0 Å². The lowest BCUT2D eigenvalue weighted by atomic mass is 10.1. The summed E-state index contributed by atoms with van der Waals surface area (Å²) in [6, 6.07) is 7.56. The van der Waals surface area contributed by atoms with Crippen molar-refractivity contribution in [2.24, 2.45) is 5.92 Å². The third kappa shape index (κ3) is 4.50. The molecule has 0 saturated carbocycles. The lowest BCUT2D eigenvalue weighted by molar-refractivity contribution is 0.570. The molecule has 0 aliphatic carbocycles. The fourth-order valence-corrected chi connectivity index (χ4v) is 2.80. The van der Waals surface area contributed by atoms with Crippen LogP contribution in [0, 0.1) is 5.92 Å². The Bertz CT molecular complexity index is 402. The van der Waals surface area contributed by atoms with Gasteiger partial charge in [-0.05, 0) is 67.4 Å². The summed E-state index contributed by atoms with van der Waals surface area (Å²) < 4.78 is 1.18. The molecule has 0 heterocycles. The largest absolute Gasteiger partial charge is 0.368 e. The molecular weight excluding hydrogens is 300 g/mol. The first-order valence-corrected chi connectivity index (χ1v) is 7.89. The van der Waals surface area contributed by atoms with Gasteiger partial charge in [0.15, 0.2) is 0 Å². The highest BCUT2D eigenvalue weighted by Gasteiger charge is 2.16. The normalized spacial score (nSPS) is 13.1. The van der Waals surface area contributed by atoms with Crippen LogP contribution in [-0.2, 0) is 0 Å². The van der Waals surface area contributed by atoms with Crippen LogP contribution in [0.4, 0.5) is 5.69 Å². The molecule has 1 rings (SSSR count). The summed E-state index contributed by atoms with van der Waals surface area (Å²) in [5.41, 5.74) is 2.60. The maximum Gasteiger partial charge on any atom is 0.0513 e. The Kier molecular flexibility index (Phi) is 6.34. The van der Waals surface area contributed by atoms with Crippen molar-refractivity contribution in [1.29, 1.82) is 0 Å². The van der Waals surface area contributed by atoms with Gasteiger partial charge in [-0.1, -0.05) is 19.9 Å². The quantitative estimate of drug-likeness (QED) is 0.821. The molecule has 0 amide bonds. The molecule has 0 radical (unpaired) electrons. The molecule has 0 aliphatic heterocycles. The highest BCUT2D eigenvalue weighted by molar-refractivity contribution is 9.10. The molecule has 1 N–H and O–H groups in total. The van der Waals surface area contributed by atoms with Gasteiger partial charge < -0.3 is 10.2 Å². The zero-order valence-electron chi connectivity index (χ0n) is 13.0. The molecule has 3 heteroatoms. The van der Waals surface area contributed by atoms with Crippen molar-refractivity contribution in [3.05, 3.63) is 28.2 Å². The number of rotatable bonds is 6. The first kappa shape index (κ1) is 16.5. The lowest BCUT2D eigenvalue weighted by Gasteiger charge is -2.32. The highest BCUT2D eigenvalue weighted by atomic mass is 79.9. The van der Waals surface area contributed by atoms with E-state index in [1.807, 2.05) is 7.05 Å². The predicted octanol–water partition coefficient (Wildman–Crippen LogP) is 4.60. The van der Waals surface area contributed by atoms with Gasteiger partial charge in [-0.2, -0.15) is 0 Å². The zero-order chi connectivity index (χ0) is 14.6. The van der Waals surface area contributed by atoms with E-state index in [0.29, 0.717) is 18.0 Å². The lowest BCUT2D eigenvalue weighted by Crippen LogP contribution is -2.34. The fourth-order valence-electron chi connectivity index (χ4n) is 2.17. The maximum absolute atomic E-state index is 3.73. The minimum atomic E-state index is 0.378. The SMILES string of the molecule is CNC(C)c1ccc(N(CC(C)C)C(C)C)c(Br)c1. The molecule has 0 aliphatic rings. The van der Waals surface area contributed by atoms with Crippen molar-refractivity contribution < 1.29 is 0 Å². The summed E-state index contributed by atoms with van der Waals surface area (Å²) in [4.78, 5) is 2.46. The summed E-state index contributed by atoms with van der Waals surface area (Å²) in [6.45, 7) is 12.3. The standard InChI is InChI=1S/C16H27BrN2/c1-11(2)10-19(12(3)4)16-8-7-14(9-15(16)17)13(5)18-6/h7-9,11-13,18H,10H2,1-6H3. The number of anilines is 1. The number of hydrogen-bond acceptors (Lipinski definition) is 2. The van der Waals surface area contributed by atoms with E-state index in [9.17, 15) is 0 Å². The van der Waals surface area contributed by atoms with Gasteiger partial charge in [0.1, 0.15) is 0 Å². The number of benzene rings is 1. The highest BCUT2D eigenvalue weighted by Crippen LogP contribution is 2.31. The molecular formula is C16H27BrN2. The fraction of sp³-hybridized carbons (Fsp3) is 0.625. The minimum Gasteiger partial charge on any atom is -0.368 e. The van der Waals surface area contributed by atoms with Crippen molar-refractivity contribution in [3.63, 3.8) is 0 Å². The van der Waals surface area contributed by atoms with E-state index in [1.165, 1.54) is 15.7 Å². The Morgan fingerprint density at radius 3 is 2.21 bits per heavy atom. The molecule has 0 spiro atoms. The Balaban J connectivity index is 3.05. The molecule has 2 nitrogen and oxygen atoms in total. The number of nitrogens with zero attached hydrogens (tertiary/aromatic N) is 1. The van der Waals surface area contributed by atoms with E-state index in [-0.39, 0.29) is 0 Å². The third-order valence-corrected chi connectivity index (χ3v) is 4.03. The van der Waals surface area contributed by atoms with Crippen molar-refractivity contribution in [1.82, 2.24) is 5.32 Å². The summed E-state index contributed by atoms with van der Waals surface area (Å²) in [5, 5.41) is 3.28. The van der Waals surface area contributed by atoms with Gasteiger partial charge in [0, 0.05) is 23.1 Å². The first-order valence-electron chi connectivity index (χ1n) is 7.10. The number of nitrogens with one attached hydrogen (secondary N) is 1. The average molecular weight is 327 g/mol. The second kappa shape index (κ2) is 7.30. The molecule has 1 aromatic rings. The second-order valence-corrected chi connectivity index (χ2v) is 6.72. The Labute approximate surface area is 126 Å². The van der Waals surface area contributed by atoms with Crippen LogP contribution in [-0.4, -0.2) is 19.6 Å². The van der Waals surface area contributed by atoms with Crippen LogP contribution in [0.15, 0.2) is 22.7 Å². The molecule has 1 aromatic carbocycles. The van der Waals surface area contributed by atoms with Crippen LogP contribution >= 0.6 is 15.9 Å². The summed E-state index contributed by atoms with van der Waals surface area (Å²) in [7, 11) is 1.99. The Morgan fingerprint density at radius 1 is 1.16 bits per heavy atom. The molecule has 0 saturated heterocycles. The van der Waals surface area contributed by atoms with Gasteiger partial charge in [-0.15, -0.1) is 0 Å². The van der Waals surface area contributed by atoms with Gasteiger partial charge in [-0.3, -0.25) is 0 Å². The maximum atomic E-state index is 3.73. The second-order valence-electron chi connectivity index (χ2n) is 5.86. The van der Waals surface area contributed by atoms with Crippen LogP contribution in [0.3, 0.4) is 0 Å². The zero-order valence-corrected chi connectivity index (χ0v) is 14.6. The smallest absolute Gasteiger partial charge is 0.0513 e. The van der Waals surface area contributed by atoms with Gasteiger partial charge in [-0.25, -0.2) is 0 Å². The van der Waals surface area contributed by atoms with Crippen molar-refractivity contribution in [2.75, 3.05) is 18.5 Å². The molecule has 19 heavy (non-hydrogen) atoms. The van der Waals surface area contributed by atoms with E-state index in [4.69, 9.17) is 0 Å². The van der Waals surface area contributed by atoms with Gasteiger partial charge in [0.05, 0.1) is 5.69 Å². The van der Waals surface area contributed by atoms with Crippen LogP contribution in [0.25, 0.3) is 0 Å². The molecule has 0 aromatic heterocycles. The van der Waals surface area contributed by atoms with Crippen LogP contribution < -0.4 is 10.2 Å². The molecule has 108 valence electrons. The van der Waals surface area contributed by atoms with E-state index in [2.05, 4.69) is 79.0 Å². The Morgan fingerprint density at radius 2 is 1.79 bits per heavy atom. The monoisotopic (exact) mass is 326 g/mol. The molecule has 1 unspecified atom stereocenters. The van der Waals surface area contributed by atoms with Crippen LogP contribution in [0.2, 0.25) is 0 Å². The average Bonchev–Trinajstić information content (AvgIpc) is 2.34. The predicted molar refractivity (Wildman–Crippen MR) is 88.9 cm³/mol. The van der Waals surface area contributed by atoms with Gasteiger partial charge in [0.2, 0.25) is 0 Å². The summed E-state index contributed by atoms with van der Waals surface area (Å²) in [6.07, 6.45) is 0. The van der Waals surface area contributed by atoms with E-state index < -0.39 is 0 Å². The van der Waals surface area contributed by atoms with Crippen LogP contribution in [0.5, 0.6) is 0 Å². The summed E-state index contributed by atoms with van der Waals surface area (Å²) in [5.74, 6) is 0.658. The number of halogens is 1. The molecule has 0 fully saturated rings. The Hall–Kier alpha value is -0.540. The third-order valence-electron chi connectivity index (χ3n) is 3.40. The topological polar surface area (TPSA) is 15.3 Å².